The van der Waals surface area contributed by atoms with Crippen LogP contribution in [-0.2, 0) is 12.4 Å². The molecule has 0 saturated carbocycles. The molecule has 0 fully saturated rings. The highest BCUT2D eigenvalue weighted by atomic mass is 35.5. The lowest BCUT2D eigenvalue weighted by molar-refractivity contribution is 0.629. The van der Waals surface area contributed by atoms with Gasteiger partial charge in [0.15, 0.2) is 0 Å². The maximum Gasteiger partial charge on any atom is 0.144 e. The Morgan fingerprint density at radius 2 is 2.22 bits per heavy atom. The van der Waals surface area contributed by atoms with Crippen LogP contribution in [0.25, 0.3) is 11.0 Å². The number of imidazole rings is 1. The Morgan fingerprint density at radius 1 is 1.44 bits per heavy atom. The number of thioether (sulfide) groups is 1. The Kier molecular flexibility index (Phi) is 4.76. The van der Waals surface area contributed by atoms with Crippen LogP contribution in [0, 0.1) is 5.82 Å². The third-order valence-electron chi connectivity index (χ3n) is 2.72. The fourth-order valence-corrected chi connectivity index (χ4v) is 2.67. The van der Waals surface area contributed by atoms with Crippen LogP contribution in [0.3, 0.4) is 0 Å². The summed E-state index contributed by atoms with van der Waals surface area (Å²) in [6.45, 7) is 0.821. The number of aryl methyl sites for hydroxylation is 1. The SMILES string of the molecule is CSCCCn1c(CCl)nc2cc(F)c(Cl)cc21. The summed E-state index contributed by atoms with van der Waals surface area (Å²) in [5.74, 6) is 1.69. The summed E-state index contributed by atoms with van der Waals surface area (Å²) in [6.07, 6.45) is 3.09. The number of rotatable bonds is 5. The average Bonchev–Trinajstić information content (AvgIpc) is 2.68. The topological polar surface area (TPSA) is 17.8 Å². The van der Waals surface area contributed by atoms with E-state index in [0.717, 1.165) is 30.1 Å². The number of benzene rings is 1. The Balaban J connectivity index is 2.44. The van der Waals surface area contributed by atoms with Gasteiger partial charge in [-0.15, -0.1) is 11.6 Å². The molecule has 18 heavy (non-hydrogen) atoms. The Labute approximate surface area is 119 Å². The van der Waals surface area contributed by atoms with Crippen molar-refractivity contribution in [3.8, 4) is 0 Å². The Bertz CT molecular complexity index is 556. The third kappa shape index (κ3) is 2.76. The number of nitrogens with zero attached hydrogens (tertiary/aromatic N) is 2. The summed E-state index contributed by atoms with van der Waals surface area (Å²) in [7, 11) is 0. The molecular weight excluding hydrogens is 294 g/mol. The van der Waals surface area contributed by atoms with Gasteiger partial charge in [-0.3, -0.25) is 0 Å². The summed E-state index contributed by atoms with van der Waals surface area (Å²) in [4.78, 5) is 4.34. The largest absolute Gasteiger partial charge is 0.327 e. The molecule has 1 aromatic heterocycles. The maximum atomic E-state index is 13.4. The van der Waals surface area contributed by atoms with E-state index in [4.69, 9.17) is 23.2 Å². The van der Waals surface area contributed by atoms with Crippen LogP contribution < -0.4 is 0 Å². The first-order valence-electron chi connectivity index (χ1n) is 5.56. The second-order valence-electron chi connectivity index (χ2n) is 3.91. The molecule has 98 valence electrons. The van der Waals surface area contributed by atoms with Crippen LogP contribution in [0.15, 0.2) is 12.1 Å². The number of halogens is 3. The molecule has 0 aliphatic carbocycles. The molecule has 0 N–H and O–H groups in total. The normalized spacial score (nSPS) is 11.3. The Hall–Kier alpha value is -0.450. The van der Waals surface area contributed by atoms with Gasteiger partial charge >= 0.3 is 0 Å². The summed E-state index contributed by atoms with van der Waals surface area (Å²) >= 11 is 13.5. The van der Waals surface area contributed by atoms with E-state index in [9.17, 15) is 4.39 Å². The second kappa shape index (κ2) is 6.13. The molecule has 6 heteroatoms. The van der Waals surface area contributed by atoms with Crippen molar-refractivity contribution in [2.24, 2.45) is 0 Å². The highest BCUT2D eigenvalue weighted by Gasteiger charge is 2.12. The van der Waals surface area contributed by atoms with Crippen molar-refractivity contribution in [2.75, 3.05) is 12.0 Å². The van der Waals surface area contributed by atoms with Crippen LogP contribution >= 0.6 is 35.0 Å². The van der Waals surface area contributed by atoms with Gasteiger partial charge in [-0.2, -0.15) is 11.8 Å². The number of fused-ring (bicyclic) bond motifs is 1. The molecule has 2 rings (SSSR count). The van der Waals surface area contributed by atoms with Crippen LogP contribution in [0.4, 0.5) is 4.39 Å². The first-order chi connectivity index (χ1) is 8.67. The van der Waals surface area contributed by atoms with E-state index >= 15 is 0 Å². The predicted molar refractivity (Wildman–Crippen MR) is 77.3 cm³/mol. The number of aromatic nitrogens is 2. The third-order valence-corrected chi connectivity index (χ3v) is 3.94. The second-order valence-corrected chi connectivity index (χ2v) is 5.57. The molecule has 2 aromatic rings. The van der Waals surface area contributed by atoms with Gasteiger partial charge in [0.2, 0.25) is 0 Å². The molecule has 0 spiro atoms. The van der Waals surface area contributed by atoms with E-state index in [1.807, 2.05) is 4.57 Å². The smallest absolute Gasteiger partial charge is 0.144 e. The van der Waals surface area contributed by atoms with Crippen LogP contribution in [-0.4, -0.2) is 21.6 Å². The van der Waals surface area contributed by atoms with Crippen molar-refractivity contribution in [1.82, 2.24) is 9.55 Å². The molecule has 1 aromatic carbocycles. The molecule has 2 nitrogen and oxygen atoms in total. The van der Waals surface area contributed by atoms with Crippen molar-refractivity contribution >= 4 is 46.0 Å². The highest BCUT2D eigenvalue weighted by Crippen LogP contribution is 2.25. The Morgan fingerprint density at radius 3 is 2.89 bits per heavy atom. The fraction of sp³-hybridized carbons (Fsp3) is 0.417. The first kappa shape index (κ1) is 14.0. The van der Waals surface area contributed by atoms with Gasteiger partial charge < -0.3 is 4.57 Å². The molecule has 0 radical (unpaired) electrons. The minimum Gasteiger partial charge on any atom is -0.327 e. The lowest BCUT2D eigenvalue weighted by atomic mass is 10.3. The molecule has 0 bridgehead atoms. The summed E-state index contributed by atoms with van der Waals surface area (Å²) in [5.41, 5.74) is 1.45. The lowest BCUT2D eigenvalue weighted by Gasteiger charge is -2.07. The maximum absolute atomic E-state index is 13.4. The van der Waals surface area contributed by atoms with E-state index in [1.54, 1.807) is 17.8 Å². The zero-order valence-corrected chi connectivity index (χ0v) is 12.2. The van der Waals surface area contributed by atoms with Crippen LogP contribution in [0.2, 0.25) is 5.02 Å². The molecule has 0 aliphatic heterocycles. The highest BCUT2D eigenvalue weighted by molar-refractivity contribution is 7.98. The molecular formula is C12H13Cl2FN2S. The van der Waals surface area contributed by atoms with Crippen molar-refractivity contribution < 1.29 is 4.39 Å². The molecule has 1 heterocycles. The molecule has 0 amide bonds. The summed E-state index contributed by atoms with van der Waals surface area (Å²) in [5, 5.41) is 0.120. The van der Waals surface area contributed by atoms with Gasteiger partial charge in [-0.25, -0.2) is 9.37 Å². The summed E-state index contributed by atoms with van der Waals surface area (Å²) < 4.78 is 15.4. The summed E-state index contributed by atoms with van der Waals surface area (Å²) in [6, 6.07) is 2.98. The minimum atomic E-state index is -0.445. The first-order valence-corrected chi connectivity index (χ1v) is 7.87. The van der Waals surface area contributed by atoms with Crippen molar-refractivity contribution in [2.45, 2.75) is 18.8 Å². The van der Waals surface area contributed by atoms with Gasteiger partial charge in [0.1, 0.15) is 11.6 Å². The van der Waals surface area contributed by atoms with E-state index in [-0.39, 0.29) is 5.02 Å². The fourth-order valence-electron chi connectivity index (χ4n) is 1.89. The van der Waals surface area contributed by atoms with Gasteiger partial charge in [0, 0.05) is 12.6 Å². The lowest BCUT2D eigenvalue weighted by Crippen LogP contribution is -2.03. The number of hydrogen-bond acceptors (Lipinski definition) is 2. The standard InChI is InChI=1S/C12H13Cl2FN2S/c1-18-4-2-3-17-11-5-8(14)9(15)6-10(11)16-12(17)7-13/h5-6H,2-4,7H2,1H3. The molecule has 0 aliphatic rings. The van der Waals surface area contributed by atoms with E-state index in [1.165, 1.54) is 6.07 Å². The molecule has 0 saturated heterocycles. The van der Waals surface area contributed by atoms with Gasteiger partial charge in [0.05, 0.1) is 21.9 Å². The van der Waals surface area contributed by atoms with Gasteiger partial charge in [-0.1, -0.05) is 11.6 Å². The average molecular weight is 307 g/mol. The predicted octanol–water partition coefficient (Wildman–Crippen LogP) is 4.32. The zero-order chi connectivity index (χ0) is 13.1. The van der Waals surface area contributed by atoms with Crippen molar-refractivity contribution in [1.29, 1.82) is 0 Å². The number of hydrogen-bond donors (Lipinski definition) is 0. The molecule has 0 unspecified atom stereocenters. The monoisotopic (exact) mass is 306 g/mol. The van der Waals surface area contributed by atoms with E-state index in [2.05, 4.69) is 11.2 Å². The van der Waals surface area contributed by atoms with Crippen LogP contribution in [0.1, 0.15) is 12.2 Å². The van der Waals surface area contributed by atoms with Crippen LogP contribution in [0.5, 0.6) is 0 Å². The quantitative estimate of drug-likeness (QED) is 0.605. The minimum absolute atomic E-state index is 0.120. The van der Waals surface area contributed by atoms with Gasteiger partial charge in [0.25, 0.3) is 0 Å². The number of alkyl halides is 1. The van der Waals surface area contributed by atoms with E-state index < -0.39 is 5.82 Å². The van der Waals surface area contributed by atoms with E-state index in [0.29, 0.717) is 11.4 Å². The zero-order valence-electron chi connectivity index (χ0n) is 9.92. The van der Waals surface area contributed by atoms with Crippen molar-refractivity contribution in [3.05, 3.63) is 28.8 Å². The van der Waals surface area contributed by atoms with Gasteiger partial charge in [-0.05, 0) is 24.5 Å². The van der Waals surface area contributed by atoms with Crippen molar-refractivity contribution in [3.63, 3.8) is 0 Å². The molecule has 0 atom stereocenters.